The van der Waals surface area contributed by atoms with Crippen LogP contribution in [0.3, 0.4) is 0 Å². The lowest BCUT2D eigenvalue weighted by Crippen LogP contribution is -2.27. The average Bonchev–Trinajstić information content (AvgIpc) is 2.80. The maximum atomic E-state index is 12.3. The van der Waals surface area contributed by atoms with Gasteiger partial charge in [0.15, 0.2) is 11.5 Å². The Morgan fingerprint density at radius 2 is 1.61 bits per heavy atom. The average molecular weight is 429 g/mol. The molecule has 0 saturated carbocycles. The Morgan fingerprint density at radius 1 is 0.935 bits per heavy atom. The van der Waals surface area contributed by atoms with E-state index >= 15 is 0 Å². The van der Waals surface area contributed by atoms with Crippen LogP contribution in [-0.2, 0) is 16.0 Å². The van der Waals surface area contributed by atoms with E-state index in [2.05, 4.69) is 24.1 Å². The number of nitrogens with zero attached hydrogens (tertiary/aromatic N) is 1. The zero-order valence-corrected chi connectivity index (χ0v) is 18.8. The van der Waals surface area contributed by atoms with Crippen molar-refractivity contribution in [3.8, 4) is 11.5 Å². The van der Waals surface area contributed by atoms with E-state index in [1.807, 2.05) is 18.2 Å². The molecule has 31 heavy (non-hydrogen) atoms. The number of ether oxygens (including phenoxy) is 3. The molecule has 168 valence electrons. The van der Waals surface area contributed by atoms with Crippen molar-refractivity contribution in [2.75, 3.05) is 45.8 Å². The fraction of sp³-hybridized carbons (Fsp3) is 0.417. The molecule has 1 N–H and O–H groups in total. The molecule has 2 aromatic carbocycles. The molecule has 0 saturated heterocycles. The predicted octanol–water partition coefficient (Wildman–Crippen LogP) is 3.77. The number of hydrogen-bond donors (Lipinski definition) is 1. The van der Waals surface area contributed by atoms with Crippen molar-refractivity contribution in [3.05, 3.63) is 53.6 Å². The van der Waals surface area contributed by atoms with Gasteiger partial charge in [-0.1, -0.05) is 19.9 Å². The summed E-state index contributed by atoms with van der Waals surface area (Å²) in [6.07, 6.45) is 0.897. The van der Waals surface area contributed by atoms with Gasteiger partial charge in [0.2, 0.25) is 5.91 Å². The highest BCUT2D eigenvalue weighted by molar-refractivity contribution is 5.93. The van der Waals surface area contributed by atoms with Gasteiger partial charge in [0, 0.05) is 18.7 Å². The van der Waals surface area contributed by atoms with Gasteiger partial charge in [-0.05, 0) is 61.5 Å². The van der Waals surface area contributed by atoms with E-state index in [0.29, 0.717) is 48.7 Å². The minimum absolute atomic E-state index is 0.107. The van der Waals surface area contributed by atoms with E-state index in [1.165, 1.54) is 0 Å². The summed E-state index contributed by atoms with van der Waals surface area (Å²) in [5.74, 6) is 0.824. The molecule has 7 nitrogen and oxygen atoms in total. The third kappa shape index (κ3) is 7.61. The molecule has 0 aliphatic heterocycles. The van der Waals surface area contributed by atoms with E-state index in [1.54, 1.807) is 38.5 Å². The van der Waals surface area contributed by atoms with E-state index < -0.39 is 0 Å². The molecule has 0 radical (unpaired) electrons. The lowest BCUT2D eigenvalue weighted by atomic mass is 10.1. The molecule has 2 aromatic rings. The molecule has 7 heteroatoms. The number of methoxy groups -OCH3 is 2. The smallest absolute Gasteiger partial charge is 0.338 e. The third-order valence-electron chi connectivity index (χ3n) is 5.03. The zero-order valence-electron chi connectivity index (χ0n) is 18.8. The molecular weight excluding hydrogens is 396 g/mol. The zero-order chi connectivity index (χ0) is 22.6. The number of hydrogen-bond acceptors (Lipinski definition) is 6. The van der Waals surface area contributed by atoms with E-state index in [0.717, 1.165) is 18.7 Å². The van der Waals surface area contributed by atoms with Gasteiger partial charge >= 0.3 is 5.97 Å². The molecule has 0 fully saturated rings. The summed E-state index contributed by atoms with van der Waals surface area (Å²) in [5, 5.41) is 2.85. The van der Waals surface area contributed by atoms with Crippen LogP contribution in [-0.4, -0.2) is 57.2 Å². The first kappa shape index (κ1) is 24.2. The van der Waals surface area contributed by atoms with Crippen LogP contribution in [0.5, 0.6) is 11.5 Å². The van der Waals surface area contributed by atoms with Gasteiger partial charge in [0.1, 0.15) is 6.61 Å². The second-order valence-corrected chi connectivity index (χ2v) is 6.98. The predicted molar refractivity (Wildman–Crippen MR) is 121 cm³/mol. The van der Waals surface area contributed by atoms with Gasteiger partial charge in [-0.2, -0.15) is 0 Å². The Labute approximate surface area is 184 Å². The largest absolute Gasteiger partial charge is 0.493 e. The summed E-state index contributed by atoms with van der Waals surface area (Å²) in [4.78, 5) is 26.6. The maximum absolute atomic E-state index is 12.3. The molecule has 0 bridgehead atoms. The number of rotatable bonds is 12. The lowest BCUT2D eigenvalue weighted by Gasteiger charge is -2.17. The summed E-state index contributed by atoms with van der Waals surface area (Å²) in [6.45, 7) is 7.07. The second-order valence-electron chi connectivity index (χ2n) is 6.98. The van der Waals surface area contributed by atoms with Crippen LogP contribution in [0, 0.1) is 0 Å². The molecule has 0 aliphatic carbocycles. The van der Waals surface area contributed by atoms with Gasteiger partial charge in [0.05, 0.1) is 19.8 Å². The summed E-state index contributed by atoms with van der Waals surface area (Å²) in [5.41, 5.74) is 2.08. The SMILES string of the molecule is CCN(CC)CCOC(=O)c1ccc(NC(=O)CCc2ccc(OC)c(OC)c2)cc1. The first-order valence-corrected chi connectivity index (χ1v) is 10.5. The molecule has 2 rings (SSSR count). The summed E-state index contributed by atoms with van der Waals surface area (Å²) in [6, 6.07) is 12.3. The number of amides is 1. The van der Waals surface area contributed by atoms with Gasteiger partial charge in [-0.3, -0.25) is 4.79 Å². The number of anilines is 1. The normalized spacial score (nSPS) is 10.6. The van der Waals surface area contributed by atoms with Crippen LogP contribution in [0.15, 0.2) is 42.5 Å². The molecule has 0 spiro atoms. The van der Waals surface area contributed by atoms with Crippen molar-refractivity contribution >= 4 is 17.6 Å². The Kier molecular flexibility index (Phi) is 9.84. The van der Waals surface area contributed by atoms with Crippen molar-refractivity contribution in [1.29, 1.82) is 0 Å². The third-order valence-corrected chi connectivity index (χ3v) is 5.03. The number of aryl methyl sites for hydroxylation is 1. The van der Waals surface area contributed by atoms with Crippen molar-refractivity contribution in [1.82, 2.24) is 4.90 Å². The minimum atomic E-state index is -0.363. The molecule has 0 unspecified atom stereocenters. The first-order chi connectivity index (χ1) is 15.0. The Morgan fingerprint density at radius 3 is 2.23 bits per heavy atom. The van der Waals surface area contributed by atoms with Crippen LogP contribution < -0.4 is 14.8 Å². The molecule has 0 aromatic heterocycles. The highest BCUT2D eigenvalue weighted by Gasteiger charge is 2.10. The van der Waals surface area contributed by atoms with Gasteiger partial charge < -0.3 is 24.4 Å². The number of carbonyl (C=O) groups excluding carboxylic acids is 2. The van der Waals surface area contributed by atoms with Crippen LogP contribution in [0.25, 0.3) is 0 Å². The van der Waals surface area contributed by atoms with Crippen LogP contribution >= 0.6 is 0 Å². The molecule has 1 amide bonds. The Balaban J connectivity index is 1.81. The van der Waals surface area contributed by atoms with Crippen molar-refractivity contribution < 1.29 is 23.8 Å². The van der Waals surface area contributed by atoms with Crippen LogP contribution in [0.1, 0.15) is 36.2 Å². The van der Waals surface area contributed by atoms with Crippen molar-refractivity contribution in [2.24, 2.45) is 0 Å². The van der Waals surface area contributed by atoms with Crippen LogP contribution in [0.4, 0.5) is 5.69 Å². The first-order valence-electron chi connectivity index (χ1n) is 10.5. The fourth-order valence-corrected chi connectivity index (χ4v) is 3.10. The highest BCUT2D eigenvalue weighted by atomic mass is 16.5. The van der Waals surface area contributed by atoms with Crippen molar-refractivity contribution in [3.63, 3.8) is 0 Å². The summed E-state index contributed by atoms with van der Waals surface area (Å²) in [7, 11) is 3.17. The maximum Gasteiger partial charge on any atom is 0.338 e. The number of benzene rings is 2. The second kappa shape index (κ2) is 12.6. The van der Waals surface area contributed by atoms with Gasteiger partial charge in [-0.15, -0.1) is 0 Å². The van der Waals surface area contributed by atoms with E-state index in [9.17, 15) is 9.59 Å². The van der Waals surface area contributed by atoms with Gasteiger partial charge in [0.25, 0.3) is 0 Å². The van der Waals surface area contributed by atoms with Crippen molar-refractivity contribution in [2.45, 2.75) is 26.7 Å². The fourth-order valence-electron chi connectivity index (χ4n) is 3.10. The lowest BCUT2D eigenvalue weighted by molar-refractivity contribution is -0.116. The topological polar surface area (TPSA) is 77.1 Å². The van der Waals surface area contributed by atoms with Crippen LogP contribution in [0.2, 0.25) is 0 Å². The molecular formula is C24H32N2O5. The highest BCUT2D eigenvalue weighted by Crippen LogP contribution is 2.28. The summed E-state index contributed by atoms with van der Waals surface area (Å²) < 4.78 is 15.8. The number of carbonyl (C=O) groups is 2. The molecule has 0 atom stereocenters. The molecule has 0 heterocycles. The Bertz CT molecular complexity index is 848. The number of likely N-dealkylation sites (N-methyl/N-ethyl adjacent to an activating group) is 1. The number of esters is 1. The van der Waals surface area contributed by atoms with E-state index in [4.69, 9.17) is 14.2 Å². The monoisotopic (exact) mass is 428 g/mol. The standard InChI is InChI=1S/C24H32N2O5/c1-5-26(6-2)15-16-31-24(28)19-9-11-20(12-10-19)25-23(27)14-8-18-7-13-21(29-3)22(17-18)30-4/h7,9-13,17H,5-6,8,14-16H2,1-4H3,(H,25,27). The van der Waals surface area contributed by atoms with Gasteiger partial charge in [-0.25, -0.2) is 4.79 Å². The minimum Gasteiger partial charge on any atom is -0.493 e. The molecule has 0 aliphatic rings. The summed E-state index contributed by atoms with van der Waals surface area (Å²) >= 11 is 0. The Hall–Kier alpha value is -3.06. The number of nitrogens with one attached hydrogen (secondary N) is 1. The van der Waals surface area contributed by atoms with E-state index in [-0.39, 0.29) is 11.9 Å². The quantitative estimate of drug-likeness (QED) is 0.519.